The van der Waals surface area contributed by atoms with Gasteiger partial charge in [0.15, 0.2) is 5.82 Å². The van der Waals surface area contributed by atoms with Gasteiger partial charge in [0.2, 0.25) is 0 Å². The topological polar surface area (TPSA) is 94.3 Å². The molecule has 0 fully saturated rings. The van der Waals surface area contributed by atoms with Gasteiger partial charge in [-0.3, -0.25) is 4.79 Å². The van der Waals surface area contributed by atoms with E-state index in [4.69, 9.17) is 5.10 Å². The standard InChI is InChI=1S/C26H21N7O/c1-17-24(21-13-7-8-14-22(21)32(17)16-23-27-30-31-28-23)25-19-11-5-6-12-20(19)26(34)33(29-25)15-18-9-3-2-4-10-18/h2-14H,15-16H2,1H3,(H,27,28,30,31). The molecule has 3 aromatic carbocycles. The van der Waals surface area contributed by atoms with Gasteiger partial charge in [0.1, 0.15) is 5.69 Å². The fraction of sp³-hybridized carbons (Fsp3) is 0.115. The second-order valence-corrected chi connectivity index (χ2v) is 8.23. The van der Waals surface area contributed by atoms with Crippen LogP contribution in [-0.4, -0.2) is 35.0 Å². The van der Waals surface area contributed by atoms with E-state index in [-0.39, 0.29) is 5.56 Å². The summed E-state index contributed by atoms with van der Waals surface area (Å²) >= 11 is 0. The summed E-state index contributed by atoms with van der Waals surface area (Å²) in [5.41, 5.74) is 4.77. The van der Waals surface area contributed by atoms with E-state index in [9.17, 15) is 4.79 Å². The lowest BCUT2D eigenvalue weighted by molar-refractivity contribution is 0.650. The van der Waals surface area contributed by atoms with Crippen LogP contribution in [0.3, 0.4) is 0 Å². The van der Waals surface area contributed by atoms with Crippen molar-refractivity contribution in [3.63, 3.8) is 0 Å². The van der Waals surface area contributed by atoms with Crippen LogP contribution in [0.5, 0.6) is 0 Å². The maximum absolute atomic E-state index is 13.3. The zero-order valence-corrected chi connectivity index (χ0v) is 18.5. The number of rotatable bonds is 5. The van der Waals surface area contributed by atoms with Crippen LogP contribution >= 0.6 is 0 Å². The molecule has 0 atom stereocenters. The maximum atomic E-state index is 13.3. The molecular formula is C26H21N7O. The van der Waals surface area contributed by atoms with Crippen LogP contribution < -0.4 is 5.56 Å². The van der Waals surface area contributed by atoms with Crippen LogP contribution in [0.15, 0.2) is 83.7 Å². The predicted octanol–water partition coefficient (Wildman–Crippen LogP) is 3.94. The number of hydrogen-bond donors (Lipinski definition) is 1. The third-order valence-corrected chi connectivity index (χ3v) is 6.20. The van der Waals surface area contributed by atoms with Crippen molar-refractivity contribution in [1.29, 1.82) is 0 Å². The third kappa shape index (κ3) is 3.27. The molecule has 34 heavy (non-hydrogen) atoms. The van der Waals surface area contributed by atoms with Crippen molar-refractivity contribution in [1.82, 2.24) is 35.0 Å². The van der Waals surface area contributed by atoms with Crippen molar-refractivity contribution in [3.8, 4) is 11.3 Å². The van der Waals surface area contributed by atoms with Gasteiger partial charge in [-0.05, 0) is 24.6 Å². The molecule has 0 bridgehead atoms. The minimum Gasteiger partial charge on any atom is -0.336 e. The lowest BCUT2D eigenvalue weighted by Gasteiger charge is -2.12. The summed E-state index contributed by atoms with van der Waals surface area (Å²) in [5, 5.41) is 22.0. The molecule has 6 aromatic rings. The number of fused-ring (bicyclic) bond motifs is 2. The van der Waals surface area contributed by atoms with Gasteiger partial charge >= 0.3 is 0 Å². The molecule has 0 saturated carbocycles. The molecule has 0 unspecified atom stereocenters. The Kier molecular flexibility index (Phi) is 4.76. The third-order valence-electron chi connectivity index (χ3n) is 6.20. The van der Waals surface area contributed by atoms with Gasteiger partial charge in [-0.25, -0.2) is 4.68 Å². The summed E-state index contributed by atoms with van der Waals surface area (Å²) in [6.07, 6.45) is 0. The highest BCUT2D eigenvalue weighted by molar-refractivity contribution is 6.04. The van der Waals surface area contributed by atoms with Gasteiger partial charge < -0.3 is 4.57 Å². The van der Waals surface area contributed by atoms with Crippen molar-refractivity contribution in [2.75, 3.05) is 0 Å². The van der Waals surface area contributed by atoms with Gasteiger partial charge in [-0.15, -0.1) is 10.2 Å². The summed E-state index contributed by atoms with van der Waals surface area (Å²) in [7, 11) is 0. The van der Waals surface area contributed by atoms with E-state index in [0.29, 0.717) is 24.3 Å². The van der Waals surface area contributed by atoms with Gasteiger partial charge in [0.05, 0.1) is 18.5 Å². The highest BCUT2D eigenvalue weighted by Crippen LogP contribution is 2.36. The zero-order chi connectivity index (χ0) is 23.1. The van der Waals surface area contributed by atoms with Gasteiger partial charge in [-0.2, -0.15) is 10.3 Å². The summed E-state index contributed by atoms with van der Waals surface area (Å²) < 4.78 is 3.73. The molecule has 6 rings (SSSR count). The fourth-order valence-electron chi connectivity index (χ4n) is 4.61. The largest absolute Gasteiger partial charge is 0.336 e. The lowest BCUT2D eigenvalue weighted by atomic mass is 10.0. The predicted molar refractivity (Wildman–Crippen MR) is 130 cm³/mol. The number of nitrogens with one attached hydrogen (secondary N) is 1. The minimum absolute atomic E-state index is 0.101. The average Bonchev–Trinajstić information content (AvgIpc) is 3.49. The van der Waals surface area contributed by atoms with E-state index in [2.05, 4.69) is 44.2 Å². The molecule has 0 saturated heterocycles. The van der Waals surface area contributed by atoms with Gasteiger partial charge in [0.25, 0.3) is 5.56 Å². The first kappa shape index (κ1) is 20.0. The SMILES string of the molecule is Cc1c(-c2nn(Cc3ccccc3)c(=O)c3ccccc23)c2ccccc2n1Cc1nn[nH]n1. The summed E-state index contributed by atoms with van der Waals surface area (Å²) in [5.74, 6) is 0.599. The molecule has 0 aliphatic rings. The number of tetrazole rings is 1. The molecule has 1 N–H and O–H groups in total. The highest BCUT2D eigenvalue weighted by atomic mass is 16.1. The van der Waals surface area contributed by atoms with E-state index < -0.39 is 0 Å². The van der Waals surface area contributed by atoms with Gasteiger partial charge in [0, 0.05) is 27.5 Å². The molecule has 8 nitrogen and oxygen atoms in total. The quantitative estimate of drug-likeness (QED) is 0.432. The van der Waals surface area contributed by atoms with Crippen LogP contribution in [0.2, 0.25) is 0 Å². The maximum Gasteiger partial charge on any atom is 0.274 e. The monoisotopic (exact) mass is 447 g/mol. The smallest absolute Gasteiger partial charge is 0.274 e. The summed E-state index contributed by atoms with van der Waals surface area (Å²) in [6.45, 7) is 2.95. The molecule has 0 aliphatic carbocycles. The first-order chi connectivity index (χ1) is 16.7. The van der Waals surface area contributed by atoms with Gasteiger partial charge in [-0.1, -0.05) is 71.9 Å². The Morgan fingerprint density at radius 3 is 2.29 bits per heavy atom. The van der Waals surface area contributed by atoms with Crippen molar-refractivity contribution in [2.24, 2.45) is 0 Å². The highest BCUT2D eigenvalue weighted by Gasteiger charge is 2.21. The average molecular weight is 448 g/mol. The Morgan fingerprint density at radius 1 is 0.824 bits per heavy atom. The van der Waals surface area contributed by atoms with Crippen molar-refractivity contribution in [3.05, 3.63) is 106 Å². The van der Waals surface area contributed by atoms with E-state index in [1.54, 1.807) is 4.68 Å². The number of aromatic nitrogens is 7. The van der Waals surface area contributed by atoms with E-state index in [1.165, 1.54) is 0 Å². The molecule has 0 aliphatic heterocycles. The number of benzene rings is 3. The normalized spacial score (nSPS) is 11.4. The molecule has 8 heteroatoms. The minimum atomic E-state index is -0.101. The van der Waals surface area contributed by atoms with Crippen molar-refractivity contribution < 1.29 is 0 Å². The lowest BCUT2D eigenvalue weighted by Crippen LogP contribution is -2.24. The number of H-pyrrole nitrogens is 1. The Hall–Kier alpha value is -4.59. The van der Waals surface area contributed by atoms with E-state index in [0.717, 1.165) is 38.8 Å². The molecule has 3 heterocycles. The molecular weight excluding hydrogens is 426 g/mol. The van der Waals surface area contributed by atoms with Crippen LogP contribution in [-0.2, 0) is 13.1 Å². The molecule has 0 spiro atoms. The number of hydrogen-bond acceptors (Lipinski definition) is 5. The summed E-state index contributed by atoms with van der Waals surface area (Å²) in [4.78, 5) is 13.3. The second kappa shape index (κ2) is 8.08. The Morgan fingerprint density at radius 2 is 1.53 bits per heavy atom. The van der Waals surface area contributed by atoms with Crippen molar-refractivity contribution in [2.45, 2.75) is 20.0 Å². The van der Waals surface area contributed by atoms with Crippen LogP contribution in [0, 0.1) is 6.92 Å². The van der Waals surface area contributed by atoms with Crippen LogP contribution in [0.4, 0.5) is 0 Å². The molecule has 166 valence electrons. The second-order valence-electron chi connectivity index (χ2n) is 8.23. The molecule has 3 aromatic heterocycles. The zero-order valence-electron chi connectivity index (χ0n) is 18.5. The fourth-order valence-corrected chi connectivity index (χ4v) is 4.61. The Labute approximate surface area is 194 Å². The first-order valence-corrected chi connectivity index (χ1v) is 11.0. The van der Waals surface area contributed by atoms with Crippen molar-refractivity contribution >= 4 is 21.7 Å². The Bertz CT molecular complexity index is 1680. The molecule has 0 radical (unpaired) electrons. The summed E-state index contributed by atoms with van der Waals surface area (Å²) in [6, 6.07) is 25.8. The number of para-hydroxylation sites is 1. The number of aromatic amines is 1. The van der Waals surface area contributed by atoms with Crippen LogP contribution in [0.1, 0.15) is 17.1 Å². The van der Waals surface area contributed by atoms with E-state index in [1.807, 2.05) is 66.7 Å². The Balaban J connectivity index is 1.62. The van der Waals surface area contributed by atoms with E-state index >= 15 is 0 Å². The van der Waals surface area contributed by atoms with Crippen LogP contribution in [0.25, 0.3) is 32.9 Å². The first-order valence-electron chi connectivity index (χ1n) is 11.0. The molecule has 0 amide bonds. The number of nitrogens with zero attached hydrogens (tertiary/aromatic N) is 6.